The quantitative estimate of drug-likeness (QED) is 0.250. The van der Waals surface area contributed by atoms with Crippen molar-refractivity contribution in [2.75, 3.05) is 0 Å². The molecule has 0 aliphatic carbocycles. The summed E-state index contributed by atoms with van der Waals surface area (Å²) in [6, 6.07) is 42.1. The number of hydrogen-bond acceptors (Lipinski definition) is 3. The standard InChI is InChI=1S/C34H21N3O/c1-2-7-22(8-3-1)26-18-15-24-19-20-37-33(35-36-34(37)30(24)21-26)25-16-13-23(14-17-25)27-10-6-11-29-28-9-4-5-12-31(28)38-32(27)29/h1-21H. The van der Waals surface area contributed by atoms with Crippen molar-refractivity contribution in [3.8, 4) is 33.6 Å². The monoisotopic (exact) mass is 487 g/mol. The van der Waals surface area contributed by atoms with Crippen molar-refractivity contribution in [3.63, 3.8) is 0 Å². The molecule has 0 aliphatic rings. The number of aromatic nitrogens is 3. The van der Waals surface area contributed by atoms with Crippen molar-refractivity contribution >= 4 is 38.4 Å². The van der Waals surface area contributed by atoms with Crippen LogP contribution >= 0.6 is 0 Å². The van der Waals surface area contributed by atoms with Crippen LogP contribution in [0.25, 0.3) is 72.0 Å². The summed E-state index contributed by atoms with van der Waals surface area (Å²) in [4.78, 5) is 0. The molecule has 0 spiro atoms. The summed E-state index contributed by atoms with van der Waals surface area (Å²) in [7, 11) is 0. The maximum absolute atomic E-state index is 6.25. The number of hydrogen-bond donors (Lipinski definition) is 0. The van der Waals surface area contributed by atoms with E-state index >= 15 is 0 Å². The molecule has 38 heavy (non-hydrogen) atoms. The van der Waals surface area contributed by atoms with Gasteiger partial charge < -0.3 is 4.42 Å². The number of nitrogens with zero attached hydrogens (tertiary/aromatic N) is 3. The molecule has 0 radical (unpaired) electrons. The Hall–Kier alpha value is -5.22. The van der Waals surface area contributed by atoms with Crippen LogP contribution in [0, 0.1) is 0 Å². The minimum Gasteiger partial charge on any atom is -0.455 e. The fourth-order valence-electron chi connectivity index (χ4n) is 5.45. The first-order valence-corrected chi connectivity index (χ1v) is 12.7. The summed E-state index contributed by atoms with van der Waals surface area (Å²) in [5.41, 5.74) is 8.22. The average Bonchev–Trinajstić information content (AvgIpc) is 3.60. The number of rotatable bonds is 3. The minimum atomic E-state index is 0.820. The number of furan rings is 1. The zero-order valence-electron chi connectivity index (χ0n) is 20.4. The van der Waals surface area contributed by atoms with E-state index in [1.54, 1.807) is 0 Å². The highest BCUT2D eigenvalue weighted by atomic mass is 16.3. The van der Waals surface area contributed by atoms with Gasteiger partial charge in [0.25, 0.3) is 0 Å². The first kappa shape index (κ1) is 20.9. The molecule has 8 rings (SSSR count). The van der Waals surface area contributed by atoms with E-state index in [1.807, 2.05) is 24.3 Å². The third-order valence-corrected chi connectivity index (χ3v) is 7.36. The molecular weight excluding hydrogens is 466 g/mol. The number of pyridine rings is 1. The Labute approximate surface area is 218 Å². The molecule has 0 bridgehead atoms. The molecular formula is C34H21N3O. The van der Waals surface area contributed by atoms with E-state index < -0.39 is 0 Å². The second kappa shape index (κ2) is 8.15. The lowest BCUT2D eigenvalue weighted by Gasteiger charge is -2.07. The van der Waals surface area contributed by atoms with Crippen molar-refractivity contribution < 1.29 is 4.42 Å². The van der Waals surface area contributed by atoms with Gasteiger partial charge in [0.2, 0.25) is 0 Å². The van der Waals surface area contributed by atoms with Gasteiger partial charge in [0.1, 0.15) is 11.2 Å². The van der Waals surface area contributed by atoms with Gasteiger partial charge in [-0.05, 0) is 40.3 Å². The predicted molar refractivity (Wildman–Crippen MR) is 154 cm³/mol. The summed E-state index contributed by atoms with van der Waals surface area (Å²) in [5.74, 6) is 0.820. The van der Waals surface area contributed by atoms with Crippen LogP contribution in [-0.2, 0) is 0 Å². The highest BCUT2D eigenvalue weighted by Crippen LogP contribution is 2.36. The molecule has 0 amide bonds. The van der Waals surface area contributed by atoms with Gasteiger partial charge in [-0.1, -0.05) is 103 Å². The Balaban J connectivity index is 1.22. The van der Waals surface area contributed by atoms with Gasteiger partial charge in [-0.2, -0.15) is 0 Å². The molecule has 0 atom stereocenters. The Kier molecular flexibility index (Phi) is 4.49. The highest BCUT2D eigenvalue weighted by molar-refractivity contribution is 6.09. The highest BCUT2D eigenvalue weighted by Gasteiger charge is 2.14. The normalized spacial score (nSPS) is 11.7. The lowest BCUT2D eigenvalue weighted by Crippen LogP contribution is -1.91. The topological polar surface area (TPSA) is 43.3 Å². The van der Waals surface area contributed by atoms with E-state index in [0.29, 0.717) is 0 Å². The van der Waals surface area contributed by atoms with E-state index in [0.717, 1.165) is 60.9 Å². The van der Waals surface area contributed by atoms with Gasteiger partial charge in [-0.25, -0.2) is 0 Å². The summed E-state index contributed by atoms with van der Waals surface area (Å²) < 4.78 is 8.33. The zero-order chi connectivity index (χ0) is 25.1. The molecule has 3 aromatic heterocycles. The van der Waals surface area contributed by atoms with Crippen LogP contribution in [0.15, 0.2) is 132 Å². The molecule has 5 aromatic carbocycles. The third kappa shape index (κ3) is 3.17. The molecule has 3 heterocycles. The zero-order valence-corrected chi connectivity index (χ0v) is 20.4. The maximum atomic E-state index is 6.25. The molecule has 0 saturated heterocycles. The Morgan fingerprint density at radius 3 is 2.18 bits per heavy atom. The lowest BCUT2D eigenvalue weighted by atomic mass is 10.0. The summed E-state index contributed by atoms with van der Waals surface area (Å²) >= 11 is 0. The van der Waals surface area contributed by atoms with Crippen molar-refractivity contribution in [2.24, 2.45) is 0 Å². The smallest absolute Gasteiger partial charge is 0.168 e. The van der Waals surface area contributed by atoms with Crippen LogP contribution in [0.2, 0.25) is 0 Å². The van der Waals surface area contributed by atoms with Gasteiger partial charge in [-0.15, -0.1) is 10.2 Å². The first-order chi connectivity index (χ1) is 18.8. The van der Waals surface area contributed by atoms with Crippen molar-refractivity contribution in [1.29, 1.82) is 0 Å². The van der Waals surface area contributed by atoms with Crippen LogP contribution < -0.4 is 0 Å². The third-order valence-electron chi connectivity index (χ3n) is 7.36. The van der Waals surface area contributed by atoms with E-state index in [9.17, 15) is 0 Å². The molecule has 0 aliphatic heterocycles. The first-order valence-electron chi connectivity index (χ1n) is 12.7. The van der Waals surface area contributed by atoms with Gasteiger partial charge in [-0.3, -0.25) is 4.40 Å². The Bertz CT molecular complexity index is 2120. The number of benzene rings is 5. The molecule has 8 aromatic rings. The fourth-order valence-corrected chi connectivity index (χ4v) is 5.45. The van der Waals surface area contributed by atoms with E-state index in [2.05, 4.69) is 118 Å². The van der Waals surface area contributed by atoms with Crippen LogP contribution in [-0.4, -0.2) is 14.6 Å². The Morgan fingerprint density at radius 1 is 0.526 bits per heavy atom. The summed E-state index contributed by atoms with van der Waals surface area (Å²) in [6.07, 6.45) is 2.05. The van der Waals surface area contributed by atoms with E-state index in [-0.39, 0.29) is 0 Å². The van der Waals surface area contributed by atoms with Gasteiger partial charge in [0, 0.05) is 33.5 Å². The summed E-state index contributed by atoms with van der Waals surface area (Å²) in [5, 5.41) is 13.7. The van der Waals surface area contributed by atoms with Crippen LogP contribution in [0.4, 0.5) is 0 Å². The summed E-state index contributed by atoms with van der Waals surface area (Å²) in [6.45, 7) is 0. The molecule has 0 unspecified atom stereocenters. The van der Waals surface area contributed by atoms with Crippen molar-refractivity contribution in [3.05, 3.63) is 128 Å². The van der Waals surface area contributed by atoms with Crippen molar-refractivity contribution in [2.45, 2.75) is 0 Å². The minimum absolute atomic E-state index is 0.820. The van der Waals surface area contributed by atoms with Crippen LogP contribution in [0.5, 0.6) is 0 Å². The number of fused-ring (bicyclic) bond motifs is 6. The van der Waals surface area contributed by atoms with Crippen LogP contribution in [0.1, 0.15) is 0 Å². The number of para-hydroxylation sites is 2. The predicted octanol–water partition coefficient (Wildman–Crippen LogP) is 8.78. The maximum Gasteiger partial charge on any atom is 0.168 e. The molecule has 4 nitrogen and oxygen atoms in total. The van der Waals surface area contributed by atoms with Crippen molar-refractivity contribution in [1.82, 2.24) is 14.6 Å². The molecule has 0 saturated carbocycles. The van der Waals surface area contributed by atoms with Gasteiger partial charge >= 0.3 is 0 Å². The van der Waals surface area contributed by atoms with E-state index in [4.69, 9.17) is 4.42 Å². The second-order valence-electron chi connectivity index (χ2n) is 9.56. The lowest BCUT2D eigenvalue weighted by molar-refractivity contribution is 0.670. The fraction of sp³-hybridized carbons (Fsp3) is 0. The largest absolute Gasteiger partial charge is 0.455 e. The molecule has 0 N–H and O–H groups in total. The van der Waals surface area contributed by atoms with Gasteiger partial charge in [0.15, 0.2) is 11.5 Å². The van der Waals surface area contributed by atoms with E-state index in [1.165, 1.54) is 11.1 Å². The second-order valence-corrected chi connectivity index (χ2v) is 9.56. The molecule has 0 fully saturated rings. The van der Waals surface area contributed by atoms with Crippen LogP contribution in [0.3, 0.4) is 0 Å². The molecule has 178 valence electrons. The van der Waals surface area contributed by atoms with Gasteiger partial charge in [0.05, 0.1) is 0 Å². The Morgan fingerprint density at radius 2 is 1.29 bits per heavy atom. The SMILES string of the molecule is c1ccc(-c2ccc3ccn4c(-c5ccc(-c6cccc7c6oc6ccccc67)cc5)nnc4c3c2)cc1. The molecule has 4 heteroatoms. The average molecular weight is 488 g/mol.